The van der Waals surface area contributed by atoms with Crippen LogP contribution in [0.15, 0.2) is 54.6 Å². The molecule has 4 rings (SSSR count). The number of halogens is 1. The summed E-state index contributed by atoms with van der Waals surface area (Å²) in [4.78, 5) is 12.6. The van der Waals surface area contributed by atoms with Crippen molar-refractivity contribution in [3.8, 4) is 16.8 Å². The molecule has 6 nitrogen and oxygen atoms in total. The van der Waals surface area contributed by atoms with Crippen molar-refractivity contribution in [1.29, 1.82) is 0 Å². The molecular weight excluding hydrogens is 386 g/mol. The Morgan fingerprint density at radius 1 is 1.00 bits per heavy atom. The average Bonchev–Trinajstić information content (AvgIpc) is 3.12. The Bertz CT molecular complexity index is 947. The van der Waals surface area contributed by atoms with Crippen molar-refractivity contribution < 1.29 is 4.79 Å². The van der Waals surface area contributed by atoms with E-state index in [2.05, 4.69) is 39.9 Å². The number of aromatic nitrogens is 3. The van der Waals surface area contributed by atoms with E-state index < -0.39 is 0 Å². The van der Waals surface area contributed by atoms with Gasteiger partial charge < -0.3 is 11.1 Å². The van der Waals surface area contributed by atoms with Gasteiger partial charge >= 0.3 is 0 Å². The largest absolute Gasteiger partial charge is 0.348 e. The molecule has 0 atom stereocenters. The molecule has 1 fully saturated rings. The molecule has 0 aliphatic heterocycles. The summed E-state index contributed by atoms with van der Waals surface area (Å²) in [6.45, 7) is 1.87. The Balaban J connectivity index is 0.00000240. The smallest absolute Gasteiger partial charge is 0.273 e. The summed E-state index contributed by atoms with van der Waals surface area (Å²) in [5.41, 5.74) is 10.2. The standard InChI is InChI=1S/C22H25N5O.ClH/c1-15-21(22(28)24-19-11-9-18(23)10-12-19)25-26-27(15)20-13-7-17(8-14-20)16-5-3-2-4-6-16;/h2-8,13-14,18-19H,9-12,23H2,1H3,(H,24,28);1H. The number of amides is 1. The van der Waals surface area contributed by atoms with Crippen molar-refractivity contribution in [2.45, 2.75) is 44.7 Å². The van der Waals surface area contributed by atoms with Crippen LogP contribution < -0.4 is 11.1 Å². The molecule has 1 heterocycles. The zero-order valence-electron chi connectivity index (χ0n) is 16.4. The van der Waals surface area contributed by atoms with Crippen molar-refractivity contribution in [2.24, 2.45) is 5.73 Å². The molecule has 7 heteroatoms. The molecule has 3 N–H and O–H groups in total. The molecule has 1 saturated carbocycles. The van der Waals surface area contributed by atoms with Gasteiger partial charge in [-0.25, -0.2) is 4.68 Å². The highest BCUT2D eigenvalue weighted by Crippen LogP contribution is 2.22. The summed E-state index contributed by atoms with van der Waals surface area (Å²) in [7, 11) is 0. The maximum Gasteiger partial charge on any atom is 0.273 e. The zero-order chi connectivity index (χ0) is 19.5. The molecule has 0 bridgehead atoms. The van der Waals surface area contributed by atoms with Crippen molar-refractivity contribution in [3.05, 3.63) is 66.0 Å². The number of hydrogen-bond acceptors (Lipinski definition) is 4. The number of benzene rings is 2. The topological polar surface area (TPSA) is 85.8 Å². The molecule has 1 aromatic heterocycles. The molecule has 0 unspecified atom stereocenters. The van der Waals surface area contributed by atoms with Crippen LogP contribution in [0.5, 0.6) is 0 Å². The number of hydrogen-bond donors (Lipinski definition) is 2. The monoisotopic (exact) mass is 411 g/mol. The van der Waals surface area contributed by atoms with E-state index in [1.807, 2.05) is 37.3 Å². The number of rotatable bonds is 4. The summed E-state index contributed by atoms with van der Waals surface area (Å²) in [6, 6.07) is 18.7. The third kappa shape index (κ3) is 4.66. The fourth-order valence-electron chi connectivity index (χ4n) is 3.73. The molecule has 0 radical (unpaired) electrons. The van der Waals surface area contributed by atoms with Gasteiger partial charge in [-0.15, -0.1) is 17.5 Å². The highest BCUT2D eigenvalue weighted by Gasteiger charge is 2.23. The molecule has 1 aliphatic rings. The van der Waals surface area contributed by atoms with Crippen LogP contribution in [0.4, 0.5) is 0 Å². The molecule has 3 aromatic rings. The first-order valence-corrected chi connectivity index (χ1v) is 9.76. The van der Waals surface area contributed by atoms with Crippen LogP contribution in [-0.2, 0) is 0 Å². The second-order valence-electron chi connectivity index (χ2n) is 7.43. The van der Waals surface area contributed by atoms with E-state index in [1.54, 1.807) is 4.68 Å². The van der Waals surface area contributed by atoms with Crippen LogP contribution in [0.3, 0.4) is 0 Å². The normalized spacial score (nSPS) is 18.7. The number of carbonyl (C=O) groups excluding carboxylic acids is 1. The van der Waals surface area contributed by atoms with E-state index >= 15 is 0 Å². The second kappa shape index (κ2) is 9.20. The lowest BCUT2D eigenvalue weighted by molar-refractivity contribution is 0.0920. The first-order valence-electron chi connectivity index (χ1n) is 9.76. The van der Waals surface area contributed by atoms with Gasteiger partial charge in [0, 0.05) is 12.1 Å². The summed E-state index contributed by atoms with van der Waals surface area (Å²) < 4.78 is 1.71. The van der Waals surface area contributed by atoms with E-state index in [1.165, 1.54) is 0 Å². The quantitative estimate of drug-likeness (QED) is 0.685. The lowest BCUT2D eigenvalue weighted by Gasteiger charge is -2.26. The minimum absolute atomic E-state index is 0. The van der Waals surface area contributed by atoms with Gasteiger partial charge in [0.05, 0.1) is 11.4 Å². The molecular formula is C22H26ClN5O. The van der Waals surface area contributed by atoms with Crippen LogP contribution in [-0.4, -0.2) is 33.0 Å². The Kier molecular flexibility index (Phi) is 6.67. The molecule has 1 aliphatic carbocycles. The minimum Gasteiger partial charge on any atom is -0.348 e. The minimum atomic E-state index is -0.162. The summed E-state index contributed by atoms with van der Waals surface area (Å²) in [5.74, 6) is -0.162. The molecule has 29 heavy (non-hydrogen) atoms. The first-order chi connectivity index (χ1) is 13.6. The SMILES string of the molecule is Cc1c(C(=O)NC2CCC(N)CC2)nnn1-c1ccc(-c2ccccc2)cc1.Cl. The van der Waals surface area contributed by atoms with Gasteiger partial charge in [0.25, 0.3) is 5.91 Å². The van der Waals surface area contributed by atoms with E-state index in [-0.39, 0.29) is 30.4 Å². The fraction of sp³-hybridized carbons (Fsp3) is 0.318. The van der Waals surface area contributed by atoms with Crippen LogP contribution >= 0.6 is 12.4 Å². The number of nitrogens with zero attached hydrogens (tertiary/aromatic N) is 3. The van der Waals surface area contributed by atoms with Gasteiger partial charge in [-0.1, -0.05) is 47.7 Å². The number of nitrogens with one attached hydrogen (secondary N) is 1. The van der Waals surface area contributed by atoms with Gasteiger partial charge in [-0.2, -0.15) is 0 Å². The molecule has 2 aromatic carbocycles. The highest BCUT2D eigenvalue weighted by atomic mass is 35.5. The third-order valence-corrected chi connectivity index (χ3v) is 5.44. The zero-order valence-corrected chi connectivity index (χ0v) is 17.2. The van der Waals surface area contributed by atoms with Gasteiger partial charge in [0.1, 0.15) is 0 Å². The Hall–Kier alpha value is -2.70. The highest BCUT2D eigenvalue weighted by molar-refractivity contribution is 5.93. The van der Waals surface area contributed by atoms with Crippen LogP contribution in [0.25, 0.3) is 16.8 Å². The maximum atomic E-state index is 12.6. The maximum absolute atomic E-state index is 12.6. The predicted molar refractivity (Wildman–Crippen MR) is 116 cm³/mol. The Labute approximate surface area is 176 Å². The van der Waals surface area contributed by atoms with E-state index in [0.717, 1.165) is 48.2 Å². The predicted octanol–water partition coefficient (Wildman–Crippen LogP) is 3.66. The van der Waals surface area contributed by atoms with E-state index in [0.29, 0.717) is 5.69 Å². The van der Waals surface area contributed by atoms with Gasteiger partial charge in [0.15, 0.2) is 5.69 Å². The van der Waals surface area contributed by atoms with Crippen molar-refractivity contribution >= 4 is 18.3 Å². The second-order valence-corrected chi connectivity index (χ2v) is 7.43. The number of carbonyl (C=O) groups is 1. The summed E-state index contributed by atoms with van der Waals surface area (Å²) in [6.07, 6.45) is 3.73. The van der Waals surface area contributed by atoms with Crippen molar-refractivity contribution in [3.63, 3.8) is 0 Å². The lowest BCUT2D eigenvalue weighted by Crippen LogP contribution is -2.40. The Morgan fingerprint density at radius 3 is 2.28 bits per heavy atom. The van der Waals surface area contributed by atoms with Gasteiger partial charge in [-0.05, 0) is 55.9 Å². The average molecular weight is 412 g/mol. The first kappa shape index (κ1) is 21.0. The lowest BCUT2D eigenvalue weighted by atomic mass is 9.92. The van der Waals surface area contributed by atoms with Gasteiger partial charge in [-0.3, -0.25) is 4.79 Å². The molecule has 0 spiro atoms. The van der Waals surface area contributed by atoms with Crippen molar-refractivity contribution in [2.75, 3.05) is 0 Å². The van der Waals surface area contributed by atoms with Crippen LogP contribution in [0.1, 0.15) is 41.9 Å². The van der Waals surface area contributed by atoms with Crippen LogP contribution in [0.2, 0.25) is 0 Å². The molecule has 1 amide bonds. The van der Waals surface area contributed by atoms with Crippen LogP contribution in [0, 0.1) is 6.92 Å². The summed E-state index contributed by atoms with van der Waals surface area (Å²) in [5, 5.41) is 11.4. The van der Waals surface area contributed by atoms with E-state index in [4.69, 9.17) is 5.73 Å². The van der Waals surface area contributed by atoms with E-state index in [9.17, 15) is 4.79 Å². The third-order valence-electron chi connectivity index (χ3n) is 5.44. The Morgan fingerprint density at radius 2 is 1.62 bits per heavy atom. The van der Waals surface area contributed by atoms with Gasteiger partial charge in [0.2, 0.25) is 0 Å². The number of nitrogens with two attached hydrogens (primary N) is 1. The fourth-order valence-corrected chi connectivity index (χ4v) is 3.73. The summed E-state index contributed by atoms with van der Waals surface area (Å²) >= 11 is 0. The molecule has 152 valence electrons. The van der Waals surface area contributed by atoms with Crippen molar-refractivity contribution in [1.82, 2.24) is 20.3 Å². The molecule has 0 saturated heterocycles.